The van der Waals surface area contributed by atoms with Gasteiger partial charge < -0.3 is 23.7 Å². The van der Waals surface area contributed by atoms with Crippen molar-refractivity contribution in [2.24, 2.45) is 7.05 Å². The molecule has 0 unspecified atom stereocenters. The van der Waals surface area contributed by atoms with E-state index in [1.165, 1.54) is 4.90 Å². The van der Waals surface area contributed by atoms with Crippen LogP contribution < -0.4 is 24.7 Å². The molecule has 0 spiro atoms. The molecule has 2 aromatic heterocycles. The van der Waals surface area contributed by atoms with E-state index in [4.69, 9.17) is 14.2 Å². The van der Waals surface area contributed by atoms with E-state index in [9.17, 15) is 14.4 Å². The van der Waals surface area contributed by atoms with Crippen LogP contribution in [0.2, 0.25) is 0 Å². The van der Waals surface area contributed by atoms with Gasteiger partial charge in [0.2, 0.25) is 0 Å². The number of Topliss-reactive ketones (excluding diaryl/α,β-unsaturated/α-hetero) is 1. The highest BCUT2D eigenvalue weighted by Gasteiger charge is 2.24. The van der Waals surface area contributed by atoms with Crippen LogP contribution in [0.25, 0.3) is 21.8 Å². The third-order valence-electron chi connectivity index (χ3n) is 6.17. The van der Waals surface area contributed by atoms with Crippen LogP contribution in [-0.2, 0) is 18.4 Å². The molecule has 1 amide bonds. The lowest BCUT2D eigenvalue weighted by Gasteiger charge is -2.26. The topological polar surface area (TPSA) is 105 Å². The molecule has 174 valence electrons. The molecule has 0 radical (unpaired) electrons. The van der Waals surface area contributed by atoms with Crippen molar-refractivity contribution in [2.45, 2.75) is 6.54 Å². The molecule has 0 fully saturated rings. The number of ketones is 1. The first-order chi connectivity index (χ1) is 16.3. The van der Waals surface area contributed by atoms with Crippen molar-refractivity contribution in [1.29, 1.82) is 0 Å². The van der Waals surface area contributed by atoms with Gasteiger partial charge in [-0.2, -0.15) is 5.10 Å². The number of aryl methyl sites for hydroxylation is 1. The molecule has 0 aliphatic carbocycles. The normalized spacial score (nSPS) is 13.2. The molecule has 4 aromatic rings. The molecule has 3 heterocycles. The second-order valence-corrected chi connectivity index (χ2v) is 8.00. The second kappa shape index (κ2) is 7.91. The minimum atomic E-state index is -0.387. The van der Waals surface area contributed by atoms with Crippen molar-refractivity contribution in [2.75, 3.05) is 32.8 Å². The molecular formula is C24H22N4O6. The summed E-state index contributed by atoms with van der Waals surface area (Å²) in [6.07, 6.45) is 1.58. The number of carbonyl (C=O) groups excluding carboxylic acids is 2. The number of aromatic nitrogens is 3. The van der Waals surface area contributed by atoms with Crippen molar-refractivity contribution in [3.8, 4) is 17.2 Å². The average molecular weight is 462 g/mol. The summed E-state index contributed by atoms with van der Waals surface area (Å²) in [6, 6.07) is 8.46. The fourth-order valence-corrected chi connectivity index (χ4v) is 4.27. The predicted octanol–water partition coefficient (Wildman–Crippen LogP) is 2.14. The number of amides is 1. The molecule has 0 atom stereocenters. The van der Waals surface area contributed by atoms with Crippen molar-refractivity contribution in [1.82, 2.24) is 14.3 Å². The van der Waals surface area contributed by atoms with Crippen LogP contribution in [0.1, 0.15) is 10.4 Å². The number of methoxy groups -OCH3 is 2. The van der Waals surface area contributed by atoms with Crippen molar-refractivity contribution >= 4 is 39.2 Å². The summed E-state index contributed by atoms with van der Waals surface area (Å²) in [5, 5.41) is 5.71. The third-order valence-corrected chi connectivity index (χ3v) is 6.17. The Bertz CT molecular complexity index is 1550. The monoisotopic (exact) mass is 462 g/mol. The Balaban J connectivity index is 1.54. The lowest BCUT2D eigenvalue weighted by molar-refractivity contribution is -0.120. The molecule has 1 aliphatic rings. The number of fused-ring (bicyclic) bond motifs is 4. The highest BCUT2D eigenvalue weighted by Crippen LogP contribution is 2.36. The van der Waals surface area contributed by atoms with E-state index in [2.05, 4.69) is 5.10 Å². The number of likely N-dealkylation sites (N-methyl/N-ethyl adjacent to an activating group) is 1. The largest absolute Gasteiger partial charge is 0.493 e. The highest BCUT2D eigenvalue weighted by molar-refractivity contribution is 6.08. The lowest BCUT2D eigenvalue weighted by Crippen LogP contribution is -2.35. The maximum absolute atomic E-state index is 13.3. The smallest absolute Gasteiger partial charge is 0.291 e. The molecule has 5 rings (SSSR count). The minimum Gasteiger partial charge on any atom is -0.493 e. The van der Waals surface area contributed by atoms with Gasteiger partial charge in [0.25, 0.3) is 11.5 Å². The number of hydrogen-bond donors (Lipinski definition) is 0. The lowest BCUT2D eigenvalue weighted by atomic mass is 10.1. The van der Waals surface area contributed by atoms with E-state index in [0.29, 0.717) is 39.4 Å². The van der Waals surface area contributed by atoms with E-state index in [1.807, 2.05) is 6.07 Å². The number of hydrogen-bond acceptors (Lipinski definition) is 7. The zero-order valence-electron chi connectivity index (χ0n) is 19.1. The summed E-state index contributed by atoms with van der Waals surface area (Å²) < 4.78 is 19.2. The fraction of sp³-hybridized carbons (Fsp3) is 0.250. The van der Waals surface area contributed by atoms with Gasteiger partial charge >= 0.3 is 0 Å². The van der Waals surface area contributed by atoms with E-state index in [0.717, 1.165) is 15.6 Å². The molecular weight excluding hydrogens is 440 g/mol. The first-order valence-electron chi connectivity index (χ1n) is 10.5. The van der Waals surface area contributed by atoms with Gasteiger partial charge in [0.05, 0.1) is 31.6 Å². The van der Waals surface area contributed by atoms with E-state index < -0.39 is 0 Å². The molecule has 10 heteroatoms. The van der Waals surface area contributed by atoms with Crippen LogP contribution in [0.5, 0.6) is 17.2 Å². The number of ether oxygens (including phenoxy) is 3. The Labute approximate surface area is 193 Å². The van der Waals surface area contributed by atoms with Gasteiger partial charge in [-0.25, -0.2) is 4.68 Å². The maximum atomic E-state index is 13.3. The van der Waals surface area contributed by atoms with Crippen LogP contribution >= 0.6 is 0 Å². The molecule has 0 saturated carbocycles. The van der Waals surface area contributed by atoms with Gasteiger partial charge in [-0.1, -0.05) is 0 Å². The maximum Gasteiger partial charge on any atom is 0.291 e. The number of nitrogens with zero attached hydrogens (tertiary/aromatic N) is 4. The van der Waals surface area contributed by atoms with Gasteiger partial charge in [0.1, 0.15) is 17.8 Å². The highest BCUT2D eigenvalue weighted by atomic mass is 16.5. The Kier molecular flexibility index (Phi) is 5.00. The summed E-state index contributed by atoms with van der Waals surface area (Å²) in [4.78, 5) is 39.6. The van der Waals surface area contributed by atoms with Crippen LogP contribution in [0.15, 0.2) is 41.3 Å². The summed E-state index contributed by atoms with van der Waals surface area (Å²) >= 11 is 0. The first kappa shape index (κ1) is 21.5. The standard InChI is InChI=1S/C24H22N4O6/c1-26-16-6-5-13(7-19(16)34-12-22(26)30)18(29)11-28-24(31)23-15(10-25-28)14-8-20(32-3)21(33-4)9-17(14)27(23)2/h5-10H,11-12H2,1-4H3. The molecule has 0 bridgehead atoms. The van der Waals surface area contributed by atoms with Crippen molar-refractivity contribution in [3.63, 3.8) is 0 Å². The molecule has 2 aromatic carbocycles. The van der Waals surface area contributed by atoms with Gasteiger partial charge in [-0.15, -0.1) is 0 Å². The van der Waals surface area contributed by atoms with Crippen LogP contribution in [0.3, 0.4) is 0 Å². The minimum absolute atomic E-state index is 0.0879. The van der Waals surface area contributed by atoms with Gasteiger partial charge in [-0.3, -0.25) is 14.4 Å². The van der Waals surface area contributed by atoms with E-state index >= 15 is 0 Å². The van der Waals surface area contributed by atoms with Crippen molar-refractivity contribution < 1.29 is 23.8 Å². The Morgan fingerprint density at radius 1 is 1.06 bits per heavy atom. The third kappa shape index (κ3) is 3.18. The molecule has 1 aliphatic heterocycles. The second-order valence-electron chi connectivity index (χ2n) is 8.00. The number of anilines is 1. The molecule has 34 heavy (non-hydrogen) atoms. The Hall–Kier alpha value is -4.34. The zero-order chi connectivity index (χ0) is 24.1. The summed E-state index contributed by atoms with van der Waals surface area (Å²) in [5.74, 6) is 1.07. The Morgan fingerprint density at radius 2 is 1.79 bits per heavy atom. The molecule has 10 nitrogen and oxygen atoms in total. The van der Waals surface area contributed by atoms with E-state index in [1.54, 1.807) is 63.3 Å². The van der Waals surface area contributed by atoms with E-state index in [-0.39, 0.29) is 30.4 Å². The number of benzene rings is 2. The van der Waals surface area contributed by atoms with Gasteiger partial charge in [0.15, 0.2) is 23.9 Å². The van der Waals surface area contributed by atoms with Gasteiger partial charge in [0, 0.05) is 36.5 Å². The van der Waals surface area contributed by atoms with Crippen LogP contribution in [-0.4, -0.2) is 53.9 Å². The predicted molar refractivity (Wildman–Crippen MR) is 125 cm³/mol. The SMILES string of the molecule is COc1cc2c3cnn(CC(=O)c4ccc5c(c4)OCC(=O)N5C)c(=O)c3n(C)c2cc1OC. The fourth-order valence-electron chi connectivity index (χ4n) is 4.27. The number of carbonyl (C=O) groups is 2. The first-order valence-corrected chi connectivity index (χ1v) is 10.5. The summed E-state index contributed by atoms with van der Waals surface area (Å²) in [5.41, 5.74) is 1.76. The van der Waals surface area contributed by atoms with Gasteiger partial charge in [-0.05, 0) is 24.3 Å². The van der Waals surface area contributed by atoms with Crippen LogP contribution in [0, 0.1) is 0 Å². The summed E-state index contributed by atoms with van der Waals surface area (Å²) in [6.45, 7) is -0.327. The molecule has 0 saturated heterocycles. The van der Waals surface area contributed by atoms with Crippen molar-refractivity contribution in [3.05, 3.63) is 52.4 Å². The molecule has 0 N–H and O–H groups in total. The number of rotatable bonds is 5. The van der Waals surface area contributed by atoms with Crippen LogP contribution in [0.4, 0.5) is 5.69 Å². The summed E-state index contributed by atoms with van der Waals surface area (Å²) in [7, 11) is 6.53. The average Bonchev–Trinajstić information content (AvgIpc) is 3.13. The zero-order valence-corrected chi connectivity index (χ0v) is 19.1. The Morgan fingerprint density at radius 3 is 2.53 bits per heavy atom. The quantitative estimate of drug-likeness (QED) is 0.419.